The molecule has 27 heavy (non-hydrogen) atoms. The Morgan fingerprint density at radius 2 is 1.70 bits per heavy atom. The Morgan fingerprint density at radius 3 is 2.48 bits per heavy atom. The molecule has 1 aliphatic rings. The van der Waals surface area contributed by atoms with Crippen LogP contribution < -0.4 is 15.8 Å². The first-order valence-electron chi connectivity index (χ1n) is 8.99. The second-order valence-electron chi connectivity index (χ2n) is 6.75. The number of rotatable bonds is 2. The highest BCUT2D eigenvalue weighted by Gasteiger charge is 2.15. The van der Waals surface area contributed by atoms with Gasteiger partial charge in [-0.25, -0.2) is 4.68 Å². The maximum Gasteiger partial charge on any atom is 0.280 e. The molecule has 0 atom stereocenters. The van der Waals surface area contributed by atoms with Crippen molar-refractivity contribution in [3.05, 3.63) is 59.0 Å². The van der Waals surface area contributed by atoms with Crippen LogP contribution in [0.25, 0.3) is 27.5 Å². The standard InChI is InChI=1S/C20H19N5O2/c26-15-4-1-13(2-5-15)25-20(27)17-12-22-18-11-14(24-9-7-21-8-10-24)3-6-16(18)19(17)23-25/h1-6,11-12,21,23,26H,7-10H2. The van der Waals surface area contributed by atoms with Crippen molar-refractivity contribution in [3.63, 3.8) is 0 Å². The van der Waals surface area contributed by atoms with E-state index < -0.39 is 0 Å². The molecule has 1 fully saturated rings. The summed E-state index contributed by atoms with van der Waals surface area (Å²) in [6.45, 7) is 3.91. The zero-order valence-electron chi connectivity index (χ0n) is 14.6. The van der Waals surface area contributed by atoms with Gasteiger partial charge in [0.05, 0.1) is 22.1 Å². The Hall–Kier alpha value is -3.32. The number of piperazine rings is 1. The molecule has 2 aromatic heterocycles. The molecular formula is C20H19N5O2. The van der Waals surface area contributed by atoms with Crippen LogP contribution in [0, 0.1) is 0 Å². The Morgan fingerprint density at radius 1 is 0.963 bits per heavy atom. The van der Waals surface area contributed by atoms with Crippen LogP contribution in [-0.4, -0.2) is 46.1 Å². The van der Waals surface area contributed by atoms with Gasteiger partial charge in [-0.3, -0.25) is 14.9 Å². The molecule has 5 rings (SSSR count). The average molecular weight is 361 g/mol. The highest BCUT2D eigenvalue weighted by atomic mass is 16.3. The van der Waals surface area contributed by atoms with E-state index in [1.165, 1.54) is 4.68 Å². The number of nitrogens with one attached hydrogen (secondary N) is 2. The maximum absolute atomic E-state index is 12.8. The molecule has 1 aliphatic heterocycles. The number of phenols is 1. The lowest BCUT2D eigenvalue weighted by Crippen LogP contribution is -2.43. The molecule has 0 spiro atoms. The number of aromatic hydroxyl groups is 1. The summed E-state index contributed by atoms with van der Waals surface area (Å²) in [6, 6.07) is 12.7. The van der Waals surface area contributed by atoms with Crippen LogP contribution in [0.5, 0.6) is 5.75 Å². The predicted molar refractivity (Wildman–Crippen MR) is 106 cm³/mol. The summed E-state index contributed by atoms with van der Waals surface area (Å²) in [6.07, 6.45) is 1.63. The van der Waals surface area contributed by atoms with Gasteiger partial charge in [-0.1, -0.05) is 0 Å². The van der Waals surface area contributed by atoms with E-state index in [2.05, 4.69) is 32.4 Å². The third-order valence-corrected chi connectivity index (χ3v) is 5.10. The molecule has 0 aliphatic carbocycles. The minimum absolute atomic E-state index is 0.156. The number of nitrogens with zero attached hydrogens (tertiary/aromatic N) is 3. The molecular weight excluding hydrogens is 342 g/mol. The fourth-order valence-corrected chi connectivity index (χ4v) is 3.65. The largest absolute Gasteiger partial charge is 0.508 e. The summed E-state index contributed by atoms with van der Waals surface area (Å²) in [5.74, 6) is 0.162. The topological polar surface area (TPSA) is 86.2 Å². The zero-order valence-corrected chi connectivity index (χ0v) is 14.6. The van der Waals surface area contributed by atoms with Gasteiger partial charge in [0.25, 0.3) is 5.56 Å². The van der Waals surface area contributed by atoms with Crippen molar-refractivity contribution in [2.45, 2.75) is 0 Å². The SMILES string of the molecule is O=c1c2cnc3cc(N4CCNCC4)ccc3c2[nH]n1-c1ccc(O)cc1. The minimum atomic E-state index is -0.156. The molecule has 3 N–H and O–H groups in total. The van der Waals surface area contributed by atoms with E-state index in [-0.39, 0.29) is 11.3 Å². The third-order valence-electron chi connectivity index (χ3n) is 5.10. The average Bonchev–Trinajstić information content (AvgIpc) is 3.06. The number of fused-ring (bicyclic) bond motifs is 3. The van der Waals surface area contributed by atoms with Crippen LogP contribution in [0.4, 0.5) is 5.69 Å². The molecule has 4 aromatic rings. The van der Waals surface area contributed by atoms with Gasteiger partial charge < -0.3 is 15.3 Å². The molecule has 1 saturated heterocycles. The van der Waals surface area contributed by atoms with Crippen LogP contribution in [0.1, 0.15) is 0 Å². The van der Waals surface area contributed by atoms with E-state index in [9.17, 15) is 9.90 Å². The Kier molecular flexibility index (Phi) is 3.61. The van der Waals surface area contributed by atoms with E-state index in [0.29, 0.717) is 11.1 Å². The van der Waals surface area contributed by atoms with E-state index in [1.807, 2.05) is 6.07 Å². The fraction of sp³-hybridized carbons (Fsp3) is 0.200. The van der Waals surface area contributed by atoms with Crippen molar-refractivity contribution in [1.82, 2.24) is 20.1 Å². The van der Waals surface area contributed by atoms with Crippen molar-refractivity contribution in [2.75, 3.05) is 31.1 Å². The van der Waals surface area contributed by atoms with Crippen molar-refractivity contribution in [1.29, 1.82) is 0 Å². The normalized spacial score (nSPS) is 14.9. The lowest BCUT2D eigenvalue weighted by atomic mass is 10.1. The first-order valence-corrected chi connectivity index (χ1v) is 8.99. The number of phenolic OH excluding ortho intramolecular Hbond substituents is 1. The molecule has 7 heteroatoms. The van der Waals surface area contributed by atoms with Crippen LogP contribution in [0.3, 0.4) is 0 Å². The molecule has 0 radical (unpaired) electrons. The van der Waals surface area contributed by atoms with Gasteiger partial charge in [-0.15, -0.1) is 0 Å². The minimum Gasteiger partial charge on any atom is -0.508 e. The van der Waals surface area contributed by atoms with Gasteiger partial charge in [0.15, 0.2) is 0 Å². The van der Waals surface area contributed by atoms with Crippen molar-refractivity contribution < 1.29 is 5.11 Å². The maximum atomic E-state index is 12.8. The number of aromatic amines is 1. The number of benzene rings is 2. The molecule has 0 bridgehead atoms. The molecule has 0 unspecified atom stereocenters. The van der Waals surface area contributed by atoms with Gasteiger partial charge in [-0.05, 0) is 42.5 Å². The van der Waals surface area contributed by atoms with Gasteiger partial charge in [0, 0.05) is 43.4 Å². The first kappa shape index (κ1) is 15.9. The lowest BCUT2D eigenvalue weighted by Gasteiger charge is -2.29. The second-order valence-corrected chi connectivity index (χ2v) is 6.75. The lowest BCUT2D eigenvalue weighted by molar-refractivity contribution is 0.475. The highest BCUT2D eigenvalue weighted by molar-refractivity contribution is 6.03. The number of pyridine rings is 1. The van der Waals surface area contributed by atoms with Crippen molar-refractivity contribution in [3.8, 4) is 11.4 Å². The van der Waals surface area contributed by atoms with E-state index in [4.69, 9.17) is 0 Å². The molecule has 0 saturated carbocycles. The summed E-state index contributed by atoms with van der Waals surface area (Å²) in [7, 11) is 0. The van der Waals surface area contributed by atoms with Gasteiger partial charge in [-0.2, -0.15) is 0 Å². The van der Waals surface area contributed by atoms with Gasteiger partial charge >= 0.3 is 0 Å². The Labute approximate surface area is 154 Å². The number of aromatic nitrogens is 3. The number of anilines is 1. The molecule has 136 valence electrons. The summed E-state index contributed by atoms with van der Waals surface area (Å²) >= 11 is 0. The van der Waals surface area contributed by atoms with Crippen LogP contribution >= 0.6 is 0 Å². The third kappa shape index (κ3) is 2.63. The number of hydrogen-bond donors (Lipinski definition) is 3. The smallest absolute Gasteiger partial charge is 0.280 e. The van der Waals surface area contributed by atoms with E-state index in [1.54, 1.807) is 30.5 Å². The van der Waals surface area contributed by atoms with Crippen LogP contribution in [0.15, 0.2) is 53.5 Å². The molecule has 3 heterocycles. The van der Waals surface area contributed by atoms with Crippen molar-refractivity contribution in [2.24, 2.45) is 0 Å². The summed E-state index contributed by atoms with van der Waals surface area (Å²) in [4.78, 5) is 19.7. The molecule has 2 aromatic carbocycles. The summed E-state index contributed by atoms with van der Waals surface area (Å²) in [5.41, 5.74) is 3.29. The van der Waals surface area contributed by atoms with Gasteiger partial charge in [0.2, 0.25) is 0 Å². The monoisotopic (exact) mass is 361 g/mol. The Bertz CT molecular complexity index is 1190. The van der Waals surface area contributed by atoms with E-state index >= 15 is 0 Å². The fourth-order valence-electron chi connectivity index (χ4n) is 3.65. The number of H-pyrrole nitrogens is 1. The van der Waals surface area contributed by atoms with Crippen LogP contribution in [-0.2, 0) is 0 Å². The highest BCUT2D eigenvalue weighted by Crippen LogP contribution is 2.26. The van der Waals surface area contributed by atoms with E-state index in [0.717, 1.165) is 48.3 Å². The first-order chi connectivity index (χ1) is 13.2. The van der Waals surface area contributed by atoms with Crippen molar-refractivity contribution >= 4 is 27.5 Å². The number of hydrogen-bond acceptors (Lipinski definition) is 5. The summed E-state index contributed by atoms with van der Waals surface area (Å²) < 4.78 is 1.48. The van der Waals surface area contributed by atoms with Gasteiger partial charge in [0.1, 0.15) is 5.75 Å². The molecule has 0 amide bonds. The Balaban J connectivity index is 1.65. The van der Waals surface area contributed by atoms with Crippen LogP contribution in [0.2, 0.25) is 0 Å². The predicted octanol–water partition coefficient (Wildman–Crippen LogP) is 1.98. The summed E-state index contributed by atoms with van der Waals surface area (Å²) in [5, 5.41) is 17.5. The quantitative estimate of drug-likeness (QED) is 0.508. The molecule has 7 nitrogen and oxygen atoms in total. The second kappa shape index (κ2) is 6.14. The zero-order chi connectivity index (χ0) is 18.4.